The van der Waals surface area contributed by atoms with Crippen LogP contribution in [0.1, 0.15) is 39.5 Å². The molecule has 96 valence electrons. The Morgan fingerprint density at radius 1 is 1.38 bits per heavy atom. The summed E-state index contributed by atoms with van der Waals surface area (Å²) >= 11 is 0. The van der Waals surface area contributed by atoms with E-state index in [1.807, 2.05) is 0 Å². The second kappa shape index (κ2) is 8.04. The van der Waals surface area contributed by atoms with Crippen LogP contribution in [-0.4, -0.2) is 48.8 Å². The van der Waals surface area contributed by atoms with E-state index in [0.717, 1.165) is 31.8 Å². The van der Waals surface area contributed by atoms with Gasteiger partial charge in [-0.3, -0.25) is 0 Å². The Kier molecular flexibility index (Phi) is 7.01. The molecule has 1 aliphatic rings. The first-order valence-corrected chi connectivity index (χ1v) is 6.82. The lowest BCUT2D eigenvalue weighted by molar-refractivity contribution is 0.168. The normalized spacial score (nSPS) is 21.2. The maximum absolute atomic E-state index is 9.24. The van der Waals surface area contributed by atoms with Crippen LogP contribution in [0.15, 0.2) is 0 Å². The molecule has 1 rings (SSSR count). The van der Waals surface area contributed by atoms with Crippen LogP contribution in [-0.2, 0) is 0 Å². The van der Waals surface area contributed by atoms with Crippen molar-refractivity contribution in [2.24, 2.45) is 5.92 Å². The molecule has 16 heavy (non-hydrogen) atoms. The molecular formula is C13H28N2O. The van der Waals surface area contributed by atoms with Crippen molar-refractivity contribution in [2.45, 2.75) is 45.6 Å². The van der Waals surface area contributed by atoms with E-state index in [2.05, 4.69) is 24.1 Å². The molecule has 0 aliphatic carbocycles. The molecule has 3 heteroatoms. The van der Waals surface area contributed by atoms with Crippen molar-refractivity contribution in [1.82, 2.24) is 10.2 Å². The zero-order valence-electron chi connectivity index (χ0n) is 10.9. The highest BCUT2D eigenvalue weighted by Gasteiger charge is 2.16. The standard InChI is InChI=1S/C13H28N2O/c1-3-7-14-13(11-16)6-10-15-8-4-12(2)5-9-15/h12-14,16H,3-11H2,1-2H3. The minimum atomic E-state index is 0.268. The van der Waals surface area contributed by atoms with Gasteiger partial charge in [0.1, 0.15) is 0 Å². The molecule has 0 spiro atoms. The molecule has 3 nitrogen and oxygen atoms in total. The van der Waals surface area contributed by atoms with Gasteiger partial charge in [0, 0.05) is 6.04 Å². The number of rotatable bonds is 7. The summed E-state index contributed by atoms with van der Waals surface area (Å²) in [6.07, 6.45) is 4.89. The molecule has 0 bridgehead atoms. The Morgan fingerprint density at radius 3 is 2.62 bits per heavy atom. The van der Waals surface area contributed by atoms with Crippen molar-refractivity contribution >= 4 is 0 Å². The molecule has 0 radical (unpaired) electrons. The summed E-state index contributed by atoms with van der Waals surface area (Å²) < 4.78 is 0. The molecule has 0 amide bonds. The van der Waals surface area contributed by atoms with Crippen LogP contribution in [0.25, 0.3) is 0 Å². The summed E-state index contributed by atoms with van der Waals surface area (Å²) in [6.45, 7) is 9.41. The molecular weight excluding hydrogens is 200 g/mol. The van der Waals surface area contributed by atoms with E-state index in [4.69, 9.17) is 0 Å². The fourth-order valence-electron chi connectivity index (χ4n) is 2.23. The number of aliphatic hydroxyl groups excluding tert-OH is 1. The predicted octanol–water partition coefficient (Wildman–Crippen LogP) is 1.47. The van der Waals surface area contributed by atoms with E-state index in [1.54, 1.807) is 0 Å². The van der Waals surface area contributed by atoms with Crippen LogP contribution in [0, 0.1) is 5.92 Å². The first kappa shape index (κ1) is 13.9. The first-order chi connectivity index (χ1) is 7.76. The molecule has 0 saturated carbocycles. The summed E-state index contributed by atoms with van der Waals surface area (Å²) in [6, 6.07) is 0.291. The molecule has 1 atom stereocenters. The zero-order valence-corrected chi connectivity index (χ0v) is 10.9. The van der Waals surface area contributed by atoms with E-state index in [0.29, 0.717) is 6.04 Å². The minimum Gasteiger partial charge on any atom is -0.395 e. The number of piperidine rings is 1. The summed E-state index contributed by atoms with van der Waals surface area (Å²) in [5, 5.41) is 12.6. The first-order valence-electron chi connectivity index (χ1n) is 6.82. The van der Waals surface area contributed by atoms with Gasteiger partial charge in [-0.15, -0.1) is 0 Å². The highest BCUT2D eigenvalue weighted by atomic mass is 16.3. The third kappa shape index (κ3) is 5.28. The van der Waals surface area contributed by atoms with Crippen LogP contribution >= 0.6 is 0 Å². The summed E-state index contributed by atoms with van der Waals surface area (Å²) in [4.78, 5) is 2.54. The van der Waals surface area contributed by atoms with Crippen LogP contribution in [0.5, 0.6) is 0 Å². The lowest BCUT2D eigenvalue weighted by atomic mass is 9.99. The molecule has 1 heterocycles. The Labute approximate surface area is 100 Å². The summed E-state index contributed by atoms with van der Waals surface area (Å²) in [7, 11) is 0. The fourth-order valence-corrected chi connectivity index (χ4v) is 2.23. The maximum Gasteiger partial charge on any atom is 0.0585 e. The smallest absolute Gasteiger partial charge is 0.0585 e. The van der Waals surface area contributed by atoms with Gasteiger partial charge in [-0.2, -0.15) is 0 Å². The third-order valence-corrected chi connectivity index (χ3v) is 3.57. The quantitative estimate of drug-likeness (QED) is 0.692. The maximum atomic E-state index is 9.24. The van der Waals surface area contributed by atoms with Gasteiger partial charge in [-0.1, -0.05) is 13.8 Å². The number of likely N-dealkylation sites (tertiary alicyclic amines) is 1. The van der Waals surface area contributed by atoms with Gasteiger partial charge in [0.05, 0.1) is 6.61 Å². The zero-order chi connectivity index (χ0) is 11.8. The monoisotopic (exact) mass is 228 g/mol. The van der Waals surface area contributed by atoms with Crippen molar-refractivity contribution in [3.8, 4) is 0 Å². The van der Waals surface area contributed by atoms with Crippen molar-refractivity contribution in [2.75, 3.05) is 32.8 Å². The highest BCUT2D eigenvalue weighted by Crippen LogP contribution is 2.16. The second-order valence-electron chi connectivity index (χ2n) is 5.15. The summed E-state index contributed by atoms with van der Waals surface area (Å²) in [5.41, 5.74) is 0. The summed E-state index contributed by atoms with van der Waals surface area (Å²) in [5.74, 6) is 0.906. The second-order valence-corrected chi connectivity index (χ2v) is 5.15. The van der Waals surface area contributed by atoms with Gasteiger partial charge in [0.15, 0.2) is 0 Å². The van der Waals surface area contributed by atoms with Gasteiger partial charge >= 0.3 is 0 Å². The Bertz CT molecular complexity index is 163. The van der Waals surface area contributed by atoms with Crippen molar-refractivity contribution < 1.29 is 5.11 Å². The topological polar surface area (TPSA) is 35.5 Å². The van der Waals surface area contributed by atoms with E-state index in [9.17, 15) is 5.11 Å². The molecule has 2 N–H and O–H groups in total. The molecule has 1 aliphatic heterocycles. The molecule has 1 fully saturated rings. The van der Waals surface area contributed by atoms with E-state index < -0.39 is 0 Å². The Hall–Kier alpha value is -0.120. The number of hydrogen-bond acceptors (Lipinski definition) is 3. The number of nitrogens with zero attached hydrogens (tertiary/aromatic N) is 1. The average Bonchev–Trinajstić information content (AvgIpc) is 2.32. The lowest BCUT2D eigenvalue weighted by Gasteiger charge is -2.31. The van der Waals surface area contributed by atoms with E-state index in [1.165, 1.54) is 25.9 Å². The lowest BCUT2D eigenvalue weighted by Crippen LogP contribution is -2.39. The largest absolute Gasteiger partial charge is 0.395 e. The Morgan fingerprint density at radius 2 is 2.06 bits per heavy atom. The van der Waals surface area contributed by atoms with Crippen LogP contribution in [0.3, 0.4) is 0 Å². The van der Waals surface area contributed by atoms with Crippen LogP contribution < -0.4 is 5.32 Å². The predicted molar refractivity (Wildman–Crippen MR) is 68.6 cm³/mol. The van der Waals surface area contributed by atoms with Gasteiger partial charge in [0.25, 0.3) is 0 Å². The molecule has 0 aromatic heterocycles. The van der Waals surface area contributed by atoms with Crippen LogP contribution in [0.4, 0.5) is 0 Å². The van der Waals surface area contributed by atoms with E-state index in [-0.39, 0.29) is 6.61 Å². The van der Waals surface area contributed by atoms with Gasteiger partial charge in [-0.05, 0) is 57.8 Å². The molecule has 1 unspecified atom stereocenters. The number of aliphatic hydroxyl groups is 1. The highest BCUT2D eigenvalue weighted by molar-refractivity contribution is 4.73. The van der Waals surface area contributed by atoms with E-state index >= 15 is 0 Å². The molecule has 0 aromatic carbocycles. The number of hydrogen-bond donors (Lipinski definition) is 2. The molecule has 0 aromatic rings. The van der Waals surface area contributed by atoms with Crippen molar-refractivity contribution in [3.05, 3.63) is 0 Å². The van der Waals surface area contributed by atoms with Crippen molar-refractivity contribution in [1.29, 1.82) is 0 Å². The van der Waals surface area contributed by atoms with Gasteiger partial charge in [-0.25, -0.2) is 0 Å². The SMILES string of the molecule is CCCNC(CO)CCN1CCC(C)CC1. The van der Waals surface area contributed by atoms with Crippen molar-refractivity contribution in [3.63, 3.8) is 0 Å². The van der Waals surface area contributed by atoms with Gasteiger partial charge in [0.2, 0.25) is 0 Å². The van der Waals surface area contributed by atoms with Gasteiger partial charge < -0.3 is 15.3 Å². The third-order valence-electron chi connectivity index (χ3n) is 3.57. The van der Waals surface area contributed by atoms with Crippen LogP contribution in [0.2, 0.25) is 0 Å². The molecule has 1 saturated heterocycles. The number of nitrogens with one attached hydrogen (secondary N) is 1. The average molecular weight is 228 g/mol. The Balaban J connectivity index is 2.11. The minimum absolute atomic E-state index is 0.268. The fraction of sp³-hybridized carbons (Fsp3) is 1.00.